The van der Waals surface area contributed by atoms with Crippen LogP contribution in [-0.4, -0.2) is 29.6 Å². The molecule has 21 heavy (non-hydrogen) atoms. The molecule has 0 aliphatic carbocycles. The number of aromatic nitrogens is 3. The van der Waals surface area contributed by atoms with Crippen molar-refractivity contribution in [3.8, 4) is 0 Å². The molecule has 0 bridgehead atoms. The molecular formula is C13H14N4O2S2. The number of sulfonamides is 1. The monoisotopic (exact) mass is 322 g/mol. The van der Waals surface area contributed by atoms with E-state index in [4.69, 9.17) is 0 Å². The summed E-state index contributed by atoms with van der Waals surface area (Å²) >= 11 is 1.49. The van der Waals surface area contributed by atoms with Gasteiger partial charge >= 0.3 is 0 Å². The first kappa shape index (κ1) is 14.2. The standard InChI is InChI=1S/C13H14N4O2S2/c18-21(19,9-11-4-2-1-3-5-11)15-7-6-12-8-20-13-16-14-10-17(12)13/h1-5,8,10,15H,6-7,9H2. The van der Waals surface area contributed by atoms with Gasteiger partial charge in [0.1, 0.15) is 6.33 Å². The molecule has 0 aliphatic heterocycles. The summed E-state index contributed by atoms with van der Waals surface area (Å²) in [7, 11) is -3.31. The van der Waals surface area contributed by atoms with Gasteiger partial charge in [-0.15, -0.1) is 21.5 Å². The van der Waals surface area contributed by atoms with E-state index < -0.39 is 10.0 Å². The highest BCUT2D eigenvalue weighted by atomic mass is 32.2. The molecule has 0 saturated heterocycles. The lowest BCUT2D eigenvalue weighted by Gasteiger charge is -2.06. The Morgan fingerprint density at radius 1 is 1.24 bits per heavy atom. The summed E-state index contributed by atoms with van der Waals surface area (Å²) in [6.45, 7) is 0.360. The SMILES string of the molecule is O=S(=O)(Cc1ccccc1)NCCc1csc2nncn12. The van der Waals surface area contributed by atoms with Crippen LogP contribution in [0.3, 0.4) is 0 Å². The normalized spacial score (nSPS) is 12.0. The lowest BCUT2D eigenvalue weighted by Crippen LogP contribution is -2.27. The fourth-order valence-corrected chi connectivity index (χ4v) is 4.03. The van der Waals surface area contributed by atoms with Gasteiger partial charge in [0.25, 0.3) is 0 Å². The largest absolute Gasteiger partial charge is 0.276 e. The maximum atomic E-state index is 12.0. The van der Waals surface area contributed by atoms with Crippen LogP contribution in [0.2, 0.25) is 0 Å². The molecule has 0 radical (unpaired) electrons. The Hall–Kier alpha value is -1.77. The molecule has 0 unspecified atom stereocenters. The van der Waals surface area contributed by atoms with E-state index in [1.165, 1.54) is 11.3 Å². The summed E-state index contributed by atoms with van der Waals surface area (Å²) in [4.78, 5) is 0.817. The van der Waals surface area contributed by atoms with E-state index in [0.29, 0.717) is 13.0 Å². The lowest BCUT2D eigenvalue weighted by atomic mass is 10.2. The van der Waals surface area contributed by atoms with Crippen LogP contribution < -0.4 is 4.72 Å². The van der Waals surface area contributed by atoms with E-state index in [2.05, 4.69) is 14.9 Å². The second-order valence-corrected chi connectivity index (χ2v) is 7.24. The van der Waals surface area contributed by atoms with Gasteiger partial charge in [-0.25, -0.2) is 13.1 Å². The third-order valence-electron chi connectivity index (χ3n) is 3.03. The molecule has 1 N–H and O–H groups in total. The first-order valence-corrected chi connectivity index (χ1v) is 8.95. The van der Waals surface area contributed by atoms with Crippen molar-refractivity contribution in [2.24, 2.45) is 0 Å². The molecule has 3 aromatic rings. The second kappa shape index (κ2) is 5.92. The minimum atomic E-state index is -3.31. The average molecular weight is 322 g/mol. The Balaban J connectivity index is 1.58. The molecule has 6 nitrogen and oxygen atoms in total. The molecular weight excluding hydrogens is 308 g/mol. The van der Waals surface area contributed by atoms with E-state index in [0.717, 1.165) is 16.2 Å². The number of nitrogens with zero attached hydrogens (tertiary/aromatic N) is 3. The van der Waals surface area contributed by atoms with Crippen LogP contribution in [0, 0.1) is 0 Å². The van der Waals surface area contributed by atoms with Gasteiger partial charge in [-0.2, -0.15) is 0 Å². The summed E-state index contributed by atoms with van der Waals surface area (Å²) < 4.78 is 28.5. The van der Waals surface area contributed by atoms with E-state index in [9.17, 15) is 8.42 Å². The van der Waals surface area contributed by atoms with Crippen LogP contribution in [0.5, 0.6) is 0 Å². The summed E-state index contributed by atoms with van der Waals surface area (Å²) in [6.07, 6.45) is 2.24. The van der Waals surface area contributed by atoms with Gasteiger partial charge in [-0.3, -0.25) is 4.40 Å². The minimum Gasteiger partial charge on any atom is -0.276 e. The third kappa shape index (κ3) is 3.46. The first-order valence-electron chi connectivity index (χ1n) is 6.41. The van der Waals surface area contributed by atoms with Gasteiger partial charge in [0.15, 0.2) is 0 Å². The predicted octanol–water partition coefficient (Wildman–Crippen LogP) is 1.45. The average Bonchev–Trinajstić information content (AvgIpc) is 3.04. The van der Waals surface area contributed by atoms with Crippen LogP contribution in [0.25, 0.3) is 4.96 Å². The minimum absolute atomic E-state index is 0.000478. The highest BCUT2D eigenvalue weighted by Crippen LogP contribution is 2.13. The zero-order valence-corrected chi connectivity index (χ0v) is 12.8. The molecule has 2 heterocycles. The maximum Gasteiger partial charge on any atom is 0.216 e. The summed E-state index contributed by atoms with van der Waals surface area (Å²) in [5, 5.41) is 9.73. The molecule has 2 aromatic heterocycles. The van der Waals surface area contributed by atoms with Gasteiger partial charge in [0.05, 0.1) is 5.75 Å². The van der Waals surface area contributed by atoms with E-state index >= 15 is 0 Å². The summed E-state index contributed by atoms with van der Waals surface area (Å²) in [6, 6.07) is 9.14. The van der Waals surface area contributed by atoms with Crippen molar-refractivity contribution in [3.63, 3.8) is 0 Å². The molecule has 1 aromatic carbocycles. The highest BCUT2D eigenvalue weighted by molar-refractivity contribution is 7.88. The summed E-state index contributed by atoms with van der Waals surface area (Å²) in [5.41, 5.74) is 1.78. The Morgan fingerprint density at radius 2 is 2.05 bits per heavy atom. The van der Waals surface area contributed by atoms with E-state index in [1.54, 1.807) is 18.5 Å². The predicted molar refractivity (Wildman–Crippen MR) is 81.6 cm³/mol. The first-order chi connectivity index (χ1) is 10.1. The molecule has 110 valence electrons. The van der Waals surface area contributed by atoms with Crippen LogP contribution in [0.15, 0.2) is 42.0 Å². The van der Waals surface area contributed by atoms with Gasteiger partial charge in [0.2, 0.25) is 15.0 Å². The molecule has 0 spiro atoms. The molecule has 8 heteroatoms. The Bertz CT molecular complexity index is 824. The quantitative estimate of drug-likeness (QED) is 0.745. The van der Waals surface area contributed by atoms with Crippen molar-refractivity contribution in [1.29, 1.82) is 0 Å². The third-order valence-corrected chi connectivity index (χ3v) is 5.27. The van der Waals surface area contributed by atoms with E-state index in [-0.39, 0.29) is 5.75 Å². The van der Waals surface area contributed by atoms with Crippen molar-refractivity contribution in [1.82, 2.24) is 19.3 Å². The van der Waals surface area contributed by atoms with Crippen molar-refractivity contribution < 1.29 is 8.42 Å². The molecule has 0 amide bonds. The van der Waals surface area contributed by atoms with Crippen molar-refractivity contribution in [2.45, 2.75) is 12.2 Å². The topological polar surface area (TPSA) is 76.4 Å². The van der Waals surface area contributed by atoms with E-state index in [1.807, 2.05) is 28.0 Å². The number of fused-ring (bicyclic) bond motifs is 1. The lowest BCUT2D eigenvalue weighted by molar-refractivity contribution is 0.580. The van der Waals surface area contributed by atoms with Crippen molar-refractivity contribution in [3.05, 3.63) is 53.3 Å². The van der Waals surface area contributed by atoms with Gasteiger partial charge in [-0.05, 0) is 5.56 Å². The molecule has 0 aliphatic rings. The van der Waals surface area contributed by atoms with Crippen LogP contribution in [-0.2, 0) is 22.2 Å². The Labute approximate surface area is 126 Å². The maximum absolute atomic E-state index is 12.0. The smallest absolute Gasteiger partial charge is 0.216 e. The molecule has 0 saturated carbocycles. The number of hydrogen-bond donors (Lipinski definition) is 1. The second-order valence-electron chi connectivity index (χ2n) is 4.60. The highest BCUT2D eigenvalue weighted by Gasteiger charge is 2.11. The fraction of sp³-hybridized carbons (Fsp3) is 0.231. The fourth-order valence-electron chi connectivity index (χ4n) is 2.04. The zero-order chi connectivity index (χ0) is 14.7. The summed E-state index contributed by atoms with van der Waals surface area (Å²) in [5.74, 6) is -0.000478. The zero-order valence-electron chi connectivity index (χ0n) is 11.1. The number of hydrogen-bond acceptors (Lipinski definition) is 5. The number of nitrogens with one attached hydrogen (secondary N) is 1. The molecule has 0 fully saturated rings. The Morgan fingerprint density at radius 3 is 2.86 bits per heavy atom. The van der Waals surface area contributed by atoms with Crippen LogP contribution in [0.1, 0.15) is 11.3 Å². The van der Waals surface area contributed by atoms with Crippen LogP contribution in [0.4, 0.5) is 0 Å². The van der Waals surface area contributed by atoms with Crippen LogP contribution >= 0.6 is 11.3 Å². The van der Waals surface area contributed by atoms with Gasteiger partial charge in [0, 0.05) is 24.0 Å². The molecule has 0 atom stereocenters. The van der Waals surface area contributed by atoms with Gasteiger partial charge < -0.3 is 0 Å². The van der Waals surface area contributed by atoms with Gasteiger partial charge in [-0.1, -0.05) is 30.3 Å². The molecule has 3 rings (SSSR count). The number of rotatable bonds is 6. The van der Waals surface area contributed by atoms with Crippen molar-refractivity contribution in [2.75, 3.05) is 6.54 Å². The number of benzene rings is 1. The van der Waals surface area contributed by atoms with Crippen molar-refractivity contribution >= 4 is 26.3 Å². The number of thiazole rings is 1. The Kier molecular flexibility index (Phi) is 4.00.